The van der Waals surface area contributed by atoms with Crippen LogP contribution in [0.4, 0.5) is 0 Å². The first kappa shape index (κ1) is 25.4. The number of nitrogens with zero attached hydrogens (tertiary/aromatic N) is 1. The number of carbonyl (C=O) groups excluding carboxylic acids is 2. The van der Waals surface area contributed by atoms with E-state index in [2.05, 4.69) is 15.2 Å². The number of ether oxygens (including phenoxy) is 2. The molecule has 3 aromatic rings. The Morgan fingerprint density at radius 1 is 1.14 bits per heavy atom. The highest BCUT2D eigenvalue weighted by atomic mass is 16.5. The summed E-state index contributed by atoms with van der Waals surface area (Å²) in [5.74, 6) is -0.261. The van der Waals surface area contributed by atoms with Crippen LogP contribution in [0, 0.1) is 6.92 Å². The van der Waals surface area contributed by atoms with Gasteiger partial charge in [-0.2, -0.15) is 0 Å². The van der Waals surface area contributed by atoms with E-state index in [4.69, 9.17) is 9.47 Å². The zero-order valence-corrected chi connectivity index (χ0v) is 20.5. The minimum Gasteiger partial charge on any atom is -0.489 e. The van der Waals surface area contributed by atoms with Crippen LogP contribution in [0.1, 0.15) is 39.1 Å². The van der Waals surface area contributed by atoms with Crippen molar-refractivity contribution >= 4 is 22.6 Å². The first-order valence-electron chi connectivity index (χ1n) is 12.0. The third-order valence-electron chi connectivity index (χ3n) is 6.39. The summed E-state index contributed by atoms with van der Waals surface area (Å²) >= 11 is 0. The van der Waals surface area contributed by atoms with Gasteiger partial charge >= 0.3 is 5.97 Å². The molecule has 1 amide bonds. The number of aromatic nitrogens is 1. The van der Waals surface area contributed by atoms with Gasteiger partial charge in [0.25, 0.3) is 11.5 Å². The number of aliphatic hydroxyl groups excluding tert-OH is 1. The molecule has 3 N–H and O–H groups in total. The molecule has 0 bridgehead atoms. The van der Waals surface area contributed by atoms with Crippen molar-refractivity contribution in [2.24, 2.45) is 0 Å². The van der Waals surface area contributed by atoms with Crippen molar-refractivity contribution in [3.05, 3.63) is 75.7 Å². The summed E-state index contributed by atoms with van der Waals surface area (Å²) in [5.41, 5.74) is 1.48. The molecular weight excluding hydrogens is 462 g/mol. The standard InChI is InChI=1S/C27H31N3O6/c1-17-7-8-24(22(13-17)27(34)35-2)36-19-9-11-30(12-10-19)16-18(31)14-28-26(33)23-15-29-25(32)21-6-4-3-5-20(21)23/h3-8,13,15,18-19,31H,9-12,14,16H2,1-2H3,(H,28,33)(H,29,32)/t18-/m1/s1. The lowest BCUT2D eigenvalue weighted by Crippen LogP contribution is -2.45. The quantitative estimate of drug-likeness (QED) is 0.412. The fourth-order valence-corrected chi connectivity index (χ4v) is 4.47. The van der Waals surface area contributed by atoms with Crippen LogP contribution in [0.3, 0.4) is 0 Å². The molecule has 0 radical (unpaired) electrons. The minimum absolute atomic E-state index is 0.0438. The molecular formula is C27H31N3O6. The van der Waals surface area contributed by atoms with Gasteiger partial charge in [0.2, 0.25) is 0 Å². The van der Waals surface area contributed by atoms with Crippen molar-refractivity contribution in [3.8, 4) is 5.75 Å². The number of piperidine rings is 1. The van der Waals surface area contributed by atoms with Crippen molar-refractivity contribution in [3.63, 3.8) is 0 Å². The molecule has 2 heterocycles. The number of rotatable bonds is 8. The van der Waals surface area contributed by atoms with Gasteiger partial charge in [0.15, 0.2) is 0 Å². The van der Waals surface area contributed by atoms with Crippen molar-refractivity contribution < 1.29 is 24.2 Å². The first-order chi connectivity index (χ1) is 17.4. The van der Waals surface area contributed by atoms with Crippen LogP contribution in [-0.4, -0.2) is 72.4 Å². The average Bonchev–Trinajstić information content (AvgIpc) is 2.89. The fraction of sp³-hybridized carbons (Fsp3) is 0.370. The molecule has 2 aromatic carbocycles. The molecule has 4 rings (SSSR count). The van der Waals surface area contributed by atoms with E-state index < -0.39 is 12.1 Å². The topological polar surface area (TPSA) is 121 Å². The van der Waals surface area contributed by atoms with E-state index in [-0.39, 0.29) is 24.1 Å². The highest BCUT2D eigenvalue weighted by Gasteiger charge is 2.24. The Hall–Kier alpha value is -3.69. The van der Waals surface area contributed by atoms with E-state index in [0.717, 1.165) is 31.5 Å². The van der Waals surface area contributed by atoms with Crippen LogP contribution in [0.5, 0.6) is 5.75 Å². The van der Waals surface area contributed by atoms with Crippen LogP contribution in [0.2, 0.25) is 0 Å². The van der Waals surface area contributed by atoms with E-state index in [0.29, 0.717) is 34.2 Å². The van der Waals surface area contributed by atoms with Crippen LogP contribution < -0.4 is 15.6 Å². The summed E-state index contributed by atoms with van der Waals surface area (Å²) in [7, 11) is 1.35. The number of H-pyrrole nitrogens is 1. The van der Waals surface area contributed by atoms with E-state index in [9.17, 15) is 19.5 Å². The zero-order valence-electron chi connectivity index (χ0n) is 20.5. The summed E-state index contributed by atoms with van der Waals surface area (Å²) in [6.07, 6.45) is 2.10. The predicted molar refractivity (Wildman–Crippen MR) is 136 cm³/mol. The number of carbonyl (C=O) groups is 2. The van der Waals surface area contributed by atoms with Crippen molar-refractivity contribution in [1.82, 2.24) is 15.2 Å². The maximum atomic E-state index is 12.7. The van der Waals surface area contributed by atoms with Crippen LogP contribution >= 0.6 is 0 Å². The molecule has 1 atom stereocenters. The van der Waals surface area contributed by atoms with E-state index >= 15 is 0 Å². The summed E-state index contributed by atoms with van der Waals surface area (Å²) in [6.45, 7) is 3.86. The monoisotopic (exact) mass is 493 g/mol. The lowest BCUT2D eigenvalue weighted by molar-refractivity contribution is 0.0541. The average molecular weight is 494 g/mol. The number of amides is 1. The Bertz CT molecular complexity index is 1300. The summed E-state index contributed by atoms with van der Waals surface area (Å²) in [6, 6.07) is 12.4. The SMILES string of the molecule is COC(=O)c1cc(C)ccc1OC1CCN(C[C@H](O)CNC(=O)c2c[nH]c(=O)c3ccccc23)CC1. The number of aryl methyl sites for hydroxylation is 1. The van der Waals surface area contributed by atoms with Gasteiger partial charge in [-0.25, -0.2) is 4.79 Å². The number of benzene rings is 2. The maximum Gasteiger partial charge on any atom is 0.341 e. The molecule has 1 saturated heterocycles. The first-order valence-corrected chi connectivity index (χ1v) is 12.0. The van der Waals surface area contributed by atoms with Crippen molar-refractivity contribution in [2.75, 3.05) is 33.3 Å². The Kier molecular flexibility index (Phi) is 8.02. The normalized spacial score (nSPS) is 15.4. The molecule has 190 valence electrons. The molecule has 9 nitrogen and oxygen atoms in total. The summed E-state index contributed by atoms with van der Waals surface area (Å²) in [4.78, 5) is 41.5. The second kappa shape index (κ2) is 11.4. The number of aliphatic hydroxyl groups is 1. The van der Waals surface area contributed by atoms with E-state index in [1.165, 1.54) is 13.3 Å². The summed E-state index contributed by atoms with van der Waals surface area (Å²) in [5, 5.41) is 14.3. The van der Waals surface area contributed by atoms with Crippen LogP contribution in [0.25, 0.3) is 10.8 Å². The fourth-order valence-electron chi connectivity index (χ4n) is 4.47. The third-order valence-corrected chi connectivity index (χ3v) is 6.39. The Labute approximate surface area is 209 Å². The number of nitrogens with one attached hydrogen (secondary N) is 2. The molecule has 1 aliphatic heterocycles. The smallest absolute Gasteiger partial charge is 0.341 e. The number of hydrogen-bond acceptors (Lipinski definition) is 7. The molecule has 0 spiro atoms. The zero-order chi connectivity index (χ0) is 25.7. The Morgan fingerprint density at radius 3 is 2.58 bits per heavy atom. The van der Waals surface area contributed by atoms with E-state index in [1.54, 1.807) is 36.4 Å². The molecule has 1 aromatic heterocycles. The third kappa shape index (κ3) is 5.92. The minimum atomic E-state index is -0.747. The van der Waals surface area contributed by atoms with Crippen LogP contribution in [-0.2, 0) is 4.74 Å². The molecule has 1 aliphatic rings. The lowest BCUT2D eigenvalue weighted by Gasteiger charge is -2.33. The van der Waals surface area contributed by atoms with E-state index in [1.807, 2.05) is 13.0 Å². The van der Waals surface area contributed by atoms with Crippen LogP contribution in [0.15, 0.2) is 53.5 Å². The maximum absolute atomic E-state index is 12.7. The Morgan fingerprint density at radius 2 is 1.86 bits per heavy atom. The van der Waals surface area contributed by atoms with Crippen molar-refractivity contribution in [1.29, 1.82) is 0 Å². The number of pyridine rings is 1. The van der Waals surface area contributed by atoms with Gasteiger partial charge < -0.3 is 29.8 Å². The number of β-amino-alcohol motifs (C(OH)–C–C–N with tert-alkyl or cyclic N) is 1. The molecule has 9 heteroatoms. The van der Waals surface area contributed by atoms with Gasteiger partial charge in [-0.05, 0) is 38.0 Å². The summed E-state index contributed by atoms with van der Waals surface area (Å²) < 4.78 is 11.0. The number of esters is 1. The number of aromatic amines is 1. The van der Waals surface area contributed by atoms with Crippen molar-refractivity contribution in [2.45, 2.75) is 32.0 Å². The van der Waals surface area contributed by atoms with Gasteiger partial charge in [-0.1, -0.05) is 29.8 Å². The largest absolute Gasteiger partial charge is 0.489 e. The van der Waals surface area contributed by atoms with Gasteiger partial charge in [0, 0.05) is 43.1 Å². The van der Waals surface area contributed by atoms with Gasteiger partial charge in [0.1, 0.15) is 17.4 Å². The number of hydrogen-bond donors (Lipinski definition) is 3. The van der Waals surface area contributed by atoms with Gasteiger partial charge in [-0.15, -0.1) is 0 Å². The predicted octanol–water partition coefficient (Wildman–Crippen LogP) is 2.26. The number of fused-ring (bicyclic) bond motifs is 1. The highest BCUT2D eigenvalue weighted by Crippen LogP contribution is 2.25. The molecule has 1 fully saturated rings. The molecule has 0 unspecified atom stereocenters. The second-order valence-electron chi connectivity index (χ2n) is 9.05. The highest BCUT2D eigenvalue weighted by molar-refractivity contribution is 6.06. The van der Waals surface area contributed by atoms with Gasteiger partial charge in [-0.3, -0.25) is 9.59 Å². The molecule has 0 saturated carbocycles. The lowest BCUT2D eigenvalue weighted by atomic mass is 10.1. The number of methoxy groups -OCH3 is 1. The molecule has 36 heavy (non-hydrogen) atoms. The second-order valence-corrected chi connectivity index (χ2v) is 9.05. The Balaban J connectivity index is 1.26. The number of likely N-dealkylation sites (tertiary alicyclic amines) is 1. The van der Waals surface area contributed by atoms with Gasteiger partial charge in [0.05, 0.1) is 18.8 Å². The molecule has 0 aliphatic carbocycles.